The Labute approximate surface area is 120 Å². The van der Waals surface area contributed by atoms with Crippen molar-refractivity contribution in [2.24, 2.45) is 0 Å². The van der Waals surface area contributed by atoms with E-state index in [2.05, 4.69) is 53.0 Å². The highest BCUT2D eigenvalue weighted by atomic mass is 16.5. The molecule has 4 nitrogen and oxygen atoms in total. The third-order valence-corrected chi connectivity index (χ3v) is 3.35. The number of nitrogens with zero attached hydrogens (tertiary/aromatic N) is 2. The normalized spacial score (nSPS) is 13.9. The number of anilines is 1. The molecule has 1 N–H and O–H groups in total. The predicted molar refractivity (Wildman–Crippen MR) is 82.0 cm³/mol. The number of hydrogen-bond donors (Lipinski definition) is 1. The van der Waals surface area contributed by atoms with Crippen LogP contribution >= 0.6 is 0 Å². The lowest BCUT2D eigenvalue weighted by molar-refractivity contribution is 0.190. The van der Waals surface area contributed by atoms with E-state index >= 15 is 0 Å². The van der Waals surface area contributed by atoms with Gasteiger partial charge in [-0.05, 0) is 18.4 Å². The Balaban J connectivity index is 2.01. The summed E-state index contributed by atoms with van der Waals surface area (Å²) in [5.74, 6) is 1.35. The Morgan fingerprint density at radius 1 is 1.25 bits per heavy atom. The van der Waals surface area contributed by atoms with Gasteiger partial charge in [-0.2, -0.15) is 0 Å². The molecule has 2 rings (SSSR count). The summed E-state index contributed by atoms with van der Waals surface area (Å²) in [5, 5.41) is 3.38. The molecule has 2 atom stereocenters. The minimum atomic E-state index is 0.244. The molecule has 108 valence electrons. The van der Waals surface area contributed by atoms with Crippen LogP contribution in [0.3, 0.4) is 0 Å². The van der Waals surface area contributed by atoms with Crippen LogP contribution in [0.15, 0.2) is 42.7 Å². The molecule has 0 bridgehead atoms. The first-order chi connectivity index (χ1) is 9.70. The molecule has 0 radical (unpaired) electrons. The summed E-state index contributed by atoms with van der Waals surface area (Å²) in [6.45, 7) is 5.90. The topological polar surface area (TPSA) is 39.1 Å². The van der Waals surface area contributed by atoms with Gasteiger partial charge >= 0.3 is 0 Å². The molecule has 1 aromatic carbocycles. The van der Waals surface area contributed by atoms with Gasteiger partial charge in [0.1, 0.15) is 0 Å². The molecule has 1 heterocycles. The van der Waals surface area contributed by atoms with Crippen molar-refractivity contribution in [2.75, 3.05) is 19.0 Å². The van der Waals surface area contributed by atoms with Gasteiger partial charge in [0.05, 0.1) is 6.61 Å². The smallest absolute Gasteiger partial charge is 0.203 e. The van der Waals surface area contributed by atoms with Gasteiger partial charge in [0.2, 0.25) is 5.95 Å². The van der Waals surface area contributed by atoms with Gasteiger partial charge in [-0.15, -0.1) is 0 Å². The van der Waals surface area contributed by atoms with Crippen LogP contribution in [0.1, 0.15) is 25.3 Å². The molecule has 0 aliphatic heterocycles. The second kappa shape index (κ2) is 7.10. The third kappa shape index (κ3) is 3.84. The number of ether oxygens (including phenoxy) is 1. The van der Waals surface area contributed by atoms with E-state index in [0.717, 1.165) is 12.5 Å². The molecular formula is C16H23N3O. The Kier molecular flexibility index (Phi) is 5.18. The van der Waals surface area contributed by atoms with Gasteiger partial charge in [-0.1, -0.05) is 37.3 Å². The molecule has 2 aromatic rings. The molecule has 0 fully saturated rings. The lowest BCUT2D eigenvalue weighted by Crippen LogP contribution is -2.23. The van der Waals surface area contributed by atoms with Gasteiger partial charge in [-0.3, -0.25) is 0 Å². The van der Waals surface area contributed by atoms with Gasteiger partial charge in [-0.25, -0.2) is 4.98 Å². The number of nitrogens with one attached hydrogen (secondary N) is 1. The highest BCUT2D eigenvalue weighted by Gasteiger charge is 2.11. The molecule has 2 unspecified atom stereocenters. The Morgan fingerprint density at radius 3 is 2.70 bits per heavy atom. The van der Waals surface area contributed by atoms with Crippen LogP contribution in [-0.4, -0.2) is 29.3 Å². The fourth-order valence-corrected chi connectivity index (χ4v) is 2.29. The van der Waals surface area contributed by atoms with Crippen LogP contribution in [0.4, 0.5) is 5.95 Å². The van der Waals surface area contributed by atoms with E-state index in [1.807, 2.05) is 18.5 Å². The van der Waals surface area contributed by atoms with Crippen molar-refractivity contribution in [2.45, 2.75) is 32.4 Å². The highest BCUT2D eigenvalue weighted by Crippen LogP contribution is 2.19. The number of benzene rings is 1. The van der Waals surface area contributed by atoms with E-state index in [1.54, 1.807) is 7.11 Å². The summed E-state index contributed by atoms with van der Waals surface area (Å²) >= 11 is 0. The van der Waals surface area contributed by atoms with Crippen LogP contribution in [0.25, 0.3) is 0 Å². The van der Waals surface area contributed by atoms with Gasteiger partial charge in [0.15, 0.2) is 0 Å². The van der Waals surface area contributed by atoms with Crippen molar-refractivity contribution >= 4 is 5.95 Å². The Hall–Kier alpha value is -1.81. The second-order valence-corrected chi connectivity index (χ2v) is 5.22. The average Bonchev–Trinajstić information content (AvgIpc) is 2.87. The molecule has 4 heteroatoms. The predicted octanol–water partition coefficient (Wildman–Crippen LogP) is 3.13. The zero-order chi connectivity index (χ0) is 14.4. The third-order valence-electron chi connectivity index (χ3n) is 3.35. The van der Waals surface area contributed by atoms with Crippen LogP contribution in [0.5, 0.6) is 0 Å². The number of aromatic nitrogens is 2. The fourth-order valence-electron chi connectivity index (χ4n) is 2.29. The maximum atomic E-state index is 5.14. The molecule has 1 aromatic heterocycles. The molecule has 0 spiro atoms. The van der Waals surface area contributed by atoms with E-state index in [9.17, 15) is 0 Å². The van der Waals surface area contributed by atoms with Crippen molar-refractivity contribution < 1.29 is 4.74 Å². The Morgan fingerprint density at radius 2 is 2.00 bits per heavy atom. The first-order valence-electron chi connectivity index (χ1n) is 7.02. The fraction of sp³-hybridized carbons (Fsp3) is 0.438. The second-order valence-electron chi connectivity index (χ2n) is 5.22. The van der Waals surface area contributed by atoms with E-state index in [4.69, 9.17) is 4.74 Å². The monoisotopic (exact) mass is 273 g/mol. The van der Waals surface area contributed by atoms with Gasteiger partial charge in [0.25, 0.3) is 0 Å². The number of imidazole rings is 1. The van der Waals surface area contributed by atoms with Gasteiger partial charge in [0, 0.05) is 32.1 Å². The minimum absolute atomic E-state index is 0.244. The molecule has 0 aliphatic carbocycles. The maximum absolute atomic E-state index is 5.14. The van der Waals surface area contributed by atoms with E-state index in [-0.39, 0.29) is 6.04 Å². The number of rotatable bonds is 7. The largest absolute Gasteiger partial charge is 0.383 e. The van der Waals surface area contributed by atoms with E-state index in [1.165, 1.54) is 5.56 Å². The quantitative estimate of drug-likeness (QED) is 0.842. The molecule has 0 aliphatic rings. The first-order valence-corrected chi connectivity index (χ1v) is 7.02. The lowest BCUT2D eigenvalue weighted by Gasteiger charge is -2.18. The zero-order valence-corrected chi connectivity index (χ0v) is 12.4. The summed E-state index contributed by atoms with van der Waals surface area (Å²) < 4.78 is 7.30. The average molecular weight is 273 g/mol. The SMILES string of the molecule is COCC(C)Nc1nccn1CC(C)c1ccccc1. The summed E-state index contributed by atoms with van der Waals surface area (Å²) in [5.41, 5.74) is 1.34. The highest BCUT2D eigenvalue weighted by molar-refractivity contribution is 5.28. The first kappa shape index (κ1) is 14.6. The molecule has 0 saturated heterocycles. The van der Waals surface area contributed by atoms with E-state index in [0.29, 0.717) is 12.5 Å². The maximum Gasteiger partial charge on any atom is 0.203 e. The van der Waals surface area contributed by atoms with E-state index < -0.39 is 0 Å². The number of hydrogen-bond acceptors (Lipinski definition) is 3. The molecular weight excluding hydrogens is 250 g/mol. The van der Waals surface area contributed by atoms with Crippen LogP contribution in [0, 0.1) is 0 Å². The van der Waals surface area contributed by atoms with Crippen LogP contribution in [0.2, 0.25) is 0 Å². The van der Waals surface area contributed by atoms with Crippen molar-refractivity contribution in [3.05, 3.63) is 48.3 Å². The zero-order valence-electron chi connectivity index (χ0n) is 12.4. The van der Waals surface area contributed by atoms with Crippen LogP contribution in [-0.2, 0) is 11.3 Å². The van der Waals surface area contributed by atoms with Gasteiger partial charge < -0.3 is 14.6 Å². The standard InChI is InChI=1S/C16H23N3O/c1-13(15-7-5-4-6-8-15)11-19-10-9-17-16(19)18-14(2)12-20-3/h4-10,13-14H,11-12H2,1-3H3,(H,17,18). The number of methoxy groups -OCH3 is 1. The summed E-state index contributed by atoms with van der Waals surface area (Å²) in [6.07, 6.45) is 3.85. The van der Waals surface area contributed by atoms with Crippen molar-refractivity contribution in [3.63, 3.8) is 0 Å². The van der Waals surface area contributed by atoms with Crippen molar-refractivity contribution in [3.8, 4) is 0 Å². The lowest BCUT2D eigenvalue weighted by atomic mass is 10.0. The van der Waals surface area contributed by atoms with Crippen molar-refractivity contribution in [1.82, 2.24) is 9.55 Å². The van der Waals surface area contributed by atoms with Crippen molar-refractivity contribution in [1.29, 1.82) is 0 Å². The van der Waals surface area contributed by atoms with Crippen LogP contribution < -0.4 is 5.32 Å². The Bertz CT molecular complexity index is 509. The molecule has 20 heavy (non-hydrogen) atoms. The summed E-state index contributed by atoms with van der Waals surface area (Å²) in [4.78, 5) is 4.38. The molecule has 0 saturated carbocycles. The summed E-state index contributed by atoms with van der Waals surface area (Å²) in [7, 11) is 1.71. The molecule has 0 amide bonds. The summed E-state index contributed by atoms with van der Waals surface area (Å²) in [6, 6.07) is 10.8. The minimum Gasteiger partial charge on any atom is -0.383 e.